The van der Waals surface area contributed by atoms with E-state index in [9.17, 15) is 4.79 Å². The molecule has 1 aromatic carbocycles. The van der Waals surface area contributed by atoms with Crippen LogP contribution in [0.4, 0.5) is 0 Å². The number of ketones is 1. The topological polar surface area (TPSA) is 17.1 Å². The molecule has 1 fully saturated rings. The summed E-state index contributed by atoms with van der Waals surface area (Å²) in [5, 5.41) is 0. The van der Waals surface area contributed by atoms with Gasteiger partial charge in [-0.05, 0) is 24.8 Å². The molecule has 0 N–H and O–H groups in total. The van der Waals surface area contributed by atoms with E-state index in [0.717, 1.165) is 19.3 Å². The van der Waals surface area contributed by atoms with Crippen molar-refractivity contribution in [2.24, 2.45) is 0 Å². The van der Waals surface area contributed by atoms with Crippen LogP contribution in [0.3, 0.4) is 0 Å². The zero-order valence-corrected chi connectivity index (χ0v) is 7.92. The van der Waals surface area contributed by atoms with Crippen molar-refractivity contribution in [2.45, 2.75) is 32.1 Å². The lowest BCUT2D eigenvalue weighted by atomic mass is 9.96. The van der Waals surface area contributed by atoms with Gasteiger partial charge in [-0.25, -0.2) is 0 Å². The second-order valence-electron chi connectivity index (χ2n) is 3.89. The molecule has 2 rings (SSSR count). The van der Waals surface area contributed by atoms with Crippen LogP contribution in [0.5, 0.6) is 0 Å². The molecule has 0 radical (unpaired) electrons. The number of benzene rings is 1. The van der Waals surface area contributed by atoms with Gasteiger partial charge in [0.15, 0.2) is 0 Å². The molecule has 1 saturated carbocycles. The van der Waals surface area contributed by atoms with Gasteiger partial charge in [-0.2, -0.15) is 0 Å². The zero-order chi connectivity index (χ0) is 9.26. The minimum Gasteiger partial charge on any atom is -0.300 e. The molecule has 0 amide bonds. The number of rotatable bonds is 1. The van der Waals surface area contributed by atoms with Gasteiger partial charge in [0.2, 0.25) is 0 Å². The second kappa shape index (κ2) is 3.33. The molecular formula is C12H14O. The summed E-state index contributed by atoms with van der Waals surface area (Å²) in [6.07, 6.45) is 2.57. The standard InChI is InChI=1S/C12H14O/c1-9-3-2-4-10(7-9)11-5-6-12(13)8-11/h2-4,7,11H,5-6,8H2,1H3/t11-/m0/s1. The van der Waals surface area contributed by atoms with E-state index in [1.54, 1.807) is 0 Å². The molecule has 0 unspecified atom stereocenters. The third kappa shape index (κ3) is 1.80. The molecule has 0 bridgehead atoms. The summed E-state index contributed by atoms with van der Waals surface area (Å²) in [6, 6.07) is 8.51. The summed E-state index contributed by atoms with van der Waals surface area (Å²) in [7, 11) is 0. The Morgan fingerprint density at radius 3 is 2.85 bits per heavy atom. The molecular weight excluding hydrogens is 160 g/mol. The Bertz CT molecular complexity index is 328. The fraction of sp³-hybridized carbons (Fsp3) is 0.417. The highest BCUT2D eigenvalue weighted by Crippen LogP contribution is 2.32. The molecule has 68 valence electrons. The SMILES string of the molecule is Cc1cccc([C@H]2CCC(=O)C2)c1. The van der Waals surface area contributed by atoms with Crippen LogP contribution in [0.2, 0.25) is 0 Å². The Morgan fingerprint density at radius 1 is 1.38 bits per heavy atom. The first kappa shape index (κ1) is 8.49. The first-order valence-corrected chi connectivity index (χ1v) is 4.84. The first-order chi connectivity index (χ1) is 6.25. The molecule has 1 aliphatic carbocycles. The van der Waals surface area contributed by atoms with Crippen molar-refractivity contribution in [3.63, 3.8) is 0 Å². The molecule has 0 aliphatic heterocycles. The Kier molecular flexibility index (Phi) is 2.17. The highest BCUT2D eigenvalue weighted by atomic mass is 16.1. The van der Waals surface area contributed by atoms with E-state index in [-0.39, 0.29) is 0 Å². The number of Topliss-reactive ketones (excluding diaryl/α,β-unsaturated/α-hetero) is 1. The van der Waals surface area contributed by atoms with E-state index in [2.05, 4.69) is 31.2 Å². The number of hydrogen-bond donors (Lipinski definition) is 0. The predicted octanol–water partition coefficient (Wildman–Crippen LogP) is 2.83. The van der Waals surface area contributed by atoms with E-state index >= 15 is 0 Å². The Hall–Kier alpha value is -1.11. The van der Waals surface area contributed by atoms with E-state index in [0.29, 0.717) is 11.7 Å². The molecule has 1 aromatic rings. The van der Waals surface area contributed by atoms with Crippen molar-refractivity contribution in [1.29, 1.82) is 0 Å². The van der Waals surface area contributed by atoms with Crippen molar-refractivity contribution >= 4 is 5.78 Å². The highest BCUT2D eigenvalue weighted by Gasteiger charge is 2.23. The van der Waals surface area contributed by atoms with Gasteiger partial charge in [0, 0.05) is 12.8 Å². The fourth-order valence-corrected chi connectivity index (χ4v) is 2.02. The van der Waals surface area contributed by atoms with Gasteiger partial charge in [0.1, 0.15) is 5.78 Å². The largest absolute Gasteiger partial charge is 0.300 e. The van der Waals surface area contributed by atoms with E-state index in [4.69, 9.17) is 0 Å². The minimum absolute atomic E-state index is 0.423. The maximum Gasteiger partial charge on any atom is 0.133 e. The Morgan fingerprint density at radius 2 is 2.23 bits per heavy atom. The first-order valence-electron chi connectivity index (χ1n) is 4.84. The predicted molar refractivity (Wildman–Crippen MR) is 52.8 cm³/mol. The average molecular weight is 174 g/mol. The van der Waals surface area contributed by atoms with Crippen LogP contribution in [0.1, 0.15) is 36.3 Å². The normalized spacial score (nSPS) is 22.2. The van der Waals surface area contributed by atoms with E-state index in [1.165, 1.54) is 11.1 Å². The maximum absolute atomic E-state index is 11.1. The van der Waals surface area contributed by atoms with Gasteiger partial charge in [0.05, 0.1) is 0 Å². The summed E-state index contributed by atoms with van der Waals surface area (Å²) in [6.45, 7) is 2.10. The van der Waals surface area contributed by atoms with Gasteiger partial charge >= 0.3 is 0 Å². The minimum atomic E-state index is 0.423. The lowest BCUT2D eigenvalue weighted by Crippen LogP contribution is -1.94. The lowest BCUT2D eigenvalue weighted by molar-refractivity contribution is -0.117. The molecule has 0 spiro atoms. The van der Waals surface area contributed by atoms with Crippen molar-refractivity contribution < 1.29 is 4.79 Å². The summed E-state index contributed by atoms with van der Waals surface area (Å²) >= 11 is 0. The highest BCUT2D eigenvalue weighted by molar-refractivity contribution is 5.81. The maximum atomic E-state index is 11.1. The van der Waals surface area contributed by atoms with Crippen LogP contribution in [0, 0.1) is 6.92 Å². The summed E-state index contributed by atoms with van der Waals surface area (Å²) in [5.74, 6) is 0.916. The Labute approximate surface area is 78.8 Å². The second-order valence-corrected chi connectivity index (χ2v) is 3.89. The molecule has 13 heavy (non-hydrogen) atoms. The van der Waals surface area contributed by atoms with E-state index in [1.807, 2.05) is 0 Å². The number of hydrogen-bond acceptors (Lipinski definition) is 1. The van der Waals surface area contributed by atoms with Crippen LogP contribution in [-0.2, 0) is 4.79 Å². The van der Waals surface area contributed by atoms with Gasteiger partial charge in [-0.1, -0.05) is 29.8 Å². The van der Waals surface area contributed by atoms with Gasteiger partial charge in [-0.15, -0.1) is 0 Å². The molecule has 1 aliphatic rings. The van der Waals surface area contributed by atoms with Gasteiger partial charge in [-0.3, -0.25) is 4.79 Å². The molecule has 1 heteroatoms. The fourth-order valence-electron chi connectivity index (χ4n) is 2.02. The molecule has 1 atom stereocenters. The quantitative estimate of drug-likeness (QED) is 0.639. The van der Waals surface area contributed by atoms with Crippen LogP contribution in [0.25, 0.3) is 0 Å². The van der Waals surface area contributed by atoms with Crippen molar-refractivity contribution in [3.8, 4) is 0 Å². The summed E-state index contributed by atoms with van der Waals surface area (Å²) in [5.41, 5.74) is 2.63. The van der Waals surface area contributed by atoms with Crippen LogP contribution >= 0.6 is 0 Å². The summed E-state index contributed by atoms with van der Waals surface area (Å²) in [4.78, 5) is 11.1. The van der Waals surface area contributed by atoms with E-state index < -0.39 is 0 Å². The van der Waals surface area contributed by atoms with Crippen LogP contribution in [-0.4, -0.2) is 5.78 Å². The molecule has 0 heterocycles. The number of aryl methyl sites for hydroxylation is 1. The Balaban J connectivity index is 2.21. The molecule has 0 saturated heterocycles. The van der Waals surface area contributed by atoms with Crippen molar-refractivity contribution in [3.05, 3.63) is 35.4 Å². The van der Waals surface area contributed by atoms with Gasteiger partial charge in [0.25, 0.3) is 0 Å². The molecule has 1 nitrogen and oxygen atoms in total. The zero-order valence-electron chi connectivity index (χ0n) is 7.92. The van der Waals surface area contributed by atoms with Crippen LogP contribution < -0.4 is 0 Å². The van der Waals surface area contributed by atoms with Crippen molar-refractivity contribution in [2.75, 3.05) is 0 Å². The lowest BCUT2D eigenvalue weighted by Gasteiger charge is -2.08. The number of carbonyl (C=O) groups is 1. The van der Waals surface area contributed by atoms with Crippen LogP contribution in [0.15, 0.2) is 24.3 Å². The smallest absolute Gasteiger partial charge is 0.133 e. The van der Waals surface area contributed by atoms with Crippen molar-refractivity contribution in [1.82, 2.24) is 0 Å². The number of carbonyl (C=O) groups excluding carboxylic acids is 1. The monoisotopic (exact) mass is 174 g/mol. The third-order valence-electron chi connectivity index (χ3n) is 2.76. The average Bonchev–Trinajstić information content (AvgIpc) is 2.52. The van der Waals surface area contributed by atoms with Gasteiger partial charge < -0.3 is 0 Å². The molecule has 0 aromatic heterocycles. The third-order valence-corrected chi connectivity index (χ3v) is 2.76. The summed E-state index contributed by atoms with van der Waals surface area (Å²) < 4.78 is 0.